The van der Waals surface area contributed by atoms with Gasteiger partial charge >= 0.3 is 0 Å². The van der Waals surface area contributed by atoms with E-state index in [-0.39, 0.29) is 119 Å². The van der Waals surface area contributed by atoms with Gasteiger partial charge in [0.05, 0.1) is 12.2 Å². The zero-order valence-electron chi connectivity index (χ0n) is 24.6. The molecule has 0 bridgehead atoms. The van der Waals surface area contributed by atoms with Gasteiger partial charge < -0.3 is 19.5 Å². The molecule has 0 spiro atoms. The number of unbranched alkanes of at least 4 members (excludes halogenated alkanes) is 1. The third-order valence-electron chi connectivity index (χ3n) is 3.99. The van der Waals surface area contributed by atoms with Crippen LogP contribution in [0.2, 0.25) is 0 Å². The number of methoxy groups -OCH3 is 3. The first-order valence-corrected chi connectivity index (χ1v) is 13.9. The lowest BCUT2D eigenvalue weighted by Crippen LogP contribution is -2.05. The normalized spacial score (nSPS) is 6.57. The van der Waals surface area contributed by atoms with Crippen molar-refractivity contribution in [2.45, 2.75) is 212 Å². The van der Waals surface area contributed by atoms with Gasteiger partial charge in [-0.15, -0.1) is 0 Å². The molecule has 5 heteroatoms. The molecule has 1 rings (SSSR count). The number of ether oxygens (including phenoxy) is 3. The minimum atomic E-state index is 0. The predicted octanol–water partition coefficient (Wildman–Crippen LogP) is 17.9. The number of rotatable bonds is 9. The molecule has 1 aromatic carbocycles. The summed E-state index contributed by atoms with van der Waals surface area (Å²) < 4.78 is 14.5. The van der Waals surface area contributed by atoms with Crippen molar-refractivity contribution in [3.8, 4) is 0 Å². The Hall–Kier alpha value is -0.590. The fourth-order valence-electron chi connectivity index (χ4n) is 1.13. The Labute approximate surface area is 331 Å². The lowest BCUT2D eigenvalue weighted by molar-refractivity contribution is 0.111. The summed E-state index contributed by atoms with van der Waals surface area (Å²) in [6, 6.07) is 10.5. The van der Waals surface area contributed by atoms with Crippen molar-refractivity contribution >= 4 is 11.8 Å². The summed E-state index contributed by atoms with van der Waals surface area (Å²) in [5, 5.41) is 2.93. The SMILES string of the molecule is C.C.C.C.C.C.C.C.C.C.C.C.C.C.C.C.CCCC.CCNC.CCOC.CCSC.COC(C)C.COC(C)CCc1ccccc1. The van der Waals surface area contributed by atoms with Gasteiger partial charge in [-0.25, -0.2) is 0 Å². The molecule has 0 fully saturated rings. The van der Waals surface area contributed by atoms with Crippen LogP contribution in [0.15, 0.2) is 30.3 Å². The Morgan fingerprint density at radius 1 is 0.592 bits per heavy atom. The van der Waals surface area contributed by atoms with Gasteiger partial charge in [-0.05, 0) is 71.7 Å². The summed E-state index contributed by atoms with van der Waals surface area (Å²) in [4.78, 5) is 0. The van der Waals surface area contributed by atoms with Crippen LogP contribution in [0.5, 0.6) is 0 Å². The molecule has 0 saturated heterocycles. The standard InChI is InChI=1S/C11H16O.C4H10O.C4H10.C3H9N.C3H8O.C3H8S.16CH4/c1-10(12-2)8-9-11-6-4-3-5-7-11;1-4(2)5-3;4*1-3-4-2;;;;;;;;;;;;;;;;/h3-7,10H,8-9H2,1-2H3;4H,1-3H3;3-4H2,1-2H3;4H,3H2,1-2H3;2*3H2,1-2H3;16*1H4. The van der Waals surface area contributed by atoms with E-state index in [1.807, 2.05) is 45.6 Å². The molecule has 4 nitrogen and oxygen atoms in total. The summed E-state index contributed by atoms with van der Waals surface area (Å²) in [7, 11) is 7.07. The molecule has 0 heterocycles. The maximum Gasteiger partial charge on any atom is 0.0546 e. The molecule has 1 atom stereocenters. The molecule has 0 amide bonds. The van der Waals surface area contributed by atoms with Crippen molar-refractivity contribution < 1.29 is 14.2 Å². The molecule has 330 valence electrons. The minimum Gasteiger partial charge on any atom is -0.385 e. The fraction of sp³-hybridized carbons (Fsp3) is 0.864. The van der Waals surface area contributed by atoms with Crippen LogP contribution in [0.3, 0.4) is 0 Å². The van der Waals surface area contributed by atoms with Gasteiger partial charge in [0.25, 0.3) is 0 Å². The van der Waals surface area contributed by atoms with E-state index in [0.29, 0.717) is 12.2 Å². The maximum absolute atomic E-state index is 5.17. The van der Waals surface area contributed by atoms with E-state index in [9.17, 15) is 0 Å². The van der Waals surface area contributed by atoms with E-state index in [1.165, 1.54) is 24.2 Å². The number of benzene rings is 1. The van der Waals surface area contributed by atoms with Gasteiger partial charge in [0.15, 0.2) is 0 Å². The number of hydrogen-bond acceptors (Lipinski definition) is 5. The summed E-state index contributed by atoms with van der Waals surface area (Å²) >= 11 is 1.86. The summed E-state index contributed by atoms with van der Waals surface area (Å²) in [5.74, 6) is 1.24. The molecule has 1 aromatic rings. The van der Waals surface area contributed by atoms with E-state index < -0.39 is 0 Å². The van der Waals surface area contributed by atoms with Crippen molar-refractivity contribution in [3.63, 3.8) is 0 Å². The zero-order chi connectivity index (χ0) is 26.8. The van der Waals surface area contributed by atoms with Gasteiger partial charge in [0.1, 0.15) is 0 Å². The second kappa shape index (κ2) is 158. The van der Waals surface area contributed by atoms with Crippen molar-refractivity contribution in [1.82, 2.24) is 5.32 Å². The molecule has 0 aliphatic carbocycles. The summed E-state index contributed by atoms with van der Waals surface area (Å²) in [6.07, 6.45) is 7.69. The molecule has 1 unspecified atom stereocenters. The first-order chi connectivity index (χ1) is 15.8. The van der Waals surface area contributed by atoms with E-state index in [4.69, 9.17) is 9.47 Å². The Morgan fingerprint density at radius 2 is 0.857 bits per heavy atom. The molecule has 0 aliphatic rings. The molecular weight excluding hydrogens is 623 g/mol. The largest absolute Gasteiger partial charge is 0.385 e. The third-order valence-corrected chi connectivity index (χ3v) is 4.56. The lowest BCUT2D eigenvalue weighted by Gasteiger charge is -2.08. The van der Waals surface area contributed by atoms with Crippen LogP contribution in [-0.2, 0) is 20.6 Å². The topological polar surface area (TPSA) is 39.7 Å². The first-order valence-electron chi connectivity index (χ1n) is 12.5. The third kappa shape index (κ3) is 235. The van der Waals surface area contributed by atoms with Crippen LogP contribution >= 0.6 is 11.8 Å². The average Bonchev–Trinajstić information content (AvgIpc) is 2.88. The first kappa shape index (κ1) is 145. The van der Waals surface area contributed by atoms with E-state index in [2.05, 4.69) is 75.2 Å². The van der Waals surface area contributed by atoms with Crippen molar-refractivity contribution in [3.05, 3.63) is 35.9 Å². The average molecular weight is 749 g/mol. The number of nitrogens with one attached hydrogen (secondary N) is 1. The Bertz CT molecular complexity index is 358. The maximum atomic E-state index is 5.17. The monoisotopic (exact) mass is 748 g/mol. The molecule has 0 aromatic heterocycles. The molecule has 1 N–H and O–H groups in total. The zero-order valence-corrected chi connectivity index (χ0v) is 25.4. The van der Waals surface area contributed by atoms with E-state index in [0.717, 1.165) is 26.0 Å². The van der Waals surface area contributed by atoms with E-state index >= 15 is 0 Å². The van der Waals surface area contributed by atoms with Gasteiger partial charge in [-0.2, -0.15) is 11.8 Å². The number of hydrogen-bond donors (Lipinski definition) is 1. The molecule has 0 aliphatic heterocycles. The van der Waals surface area contributed by atoms with Gasteiger partial charge in [0, 0.05) is 27.9 Å². The number of aryl methyl sites for hydroxylation is 1. The molecular formula is C44H125NO3S. The Morgan fingerprint density at radius 3 is 1.00 bits per heavy atom. The van der Waals surface area contributed by atoms with Crippen LogP contribution < -0.4 is 5.32 Å². The van der Waals surface area contributed by atoms with Gasteiger partial charge in [-0.3, -0.25) is 0 Å². The Balaban J connectivity index is -0.0000000100. The van der Waals surface area contributed by atoms with E-state index in [1.54, 1.807) is 21.3 Å². The van der Waals surface area contributed by atoms with Crippen LogP contribution in [0.4, 0.5) is 0 Å². The van der Waals surface area contributed by atoms with Gasteiger partial charge in [-0.1, -0.05) is 190 Å². The fourth-order valence-corrected chi connectivity index (χ4v) is 1.13. The number of thioether (sulfide) groups is 1. The highest BCUT2D eigenvalue weighted by molar-refractivity contribution is 7.98. The van der Waals surface area contributed by atoms with Crippen LogP contribution in [0.25, 0.3) is 0 Å². The van der Waals surface area contributed by atoms with Crippen molar-refractivity contribution in [2.75, 3.05) is 53.5 Å². The van der Waals surface area contributed by atoms with Gasteiger partial charge in [0.2, 0.25) is 0 Å². The molecule has 0 saturated carbocycles. The predicted molar refractivity (Wildman–Crippen MR) is 263 cm³/mol. The summed E-state index contributed by atoms with van der Waals surface area (Å²) in [6.45, 7) is 18.5. The van der Waals surface area contributed by atoms with Crippen molar-refractivity contribution in [2.24, 2.45) is 0 Å². The molecule has 0 radical (unpaired) electrons. The second-order valence-corrected chi connectivity index (χ2v) is 8.37. The smallest absolute Gasteiger partial charge is 0.0546 e. The van der Waals surface area contributed by atoms with Crippen molar-refractivity contribution in [1.29, 1.82) is 0 Å². The highest BCUT2D eigenvalue weighted by atomic mass is 32.2. The Kier molecular flexibility index (Phi) is 467. The molecule has 49 heavy (non-hydrogen) atoms. The lowest BCUT2D eigenvalue weighted by atomic mass is 10.1. The minimum absolute atomic E-state index is 0. The quantitative estimate of drug-likeness (QED) is 0.272. The van der Waals surface area contributed by atoms with Crippen LogP contribution in [0, 0.1) is 0 Å². The van der Waals surface area contributed by atoms with Crippen LogP contribution in [0.1, 0.15) is 199 Å². The summed E-state index contributed by atoms with van der Waals surface area (Å²) in [5.41, 5.74) is 1.39. The highest BCUT2D eigenvalue weighted by Gasteiger charge is 1.98. The second-order valence-electron chi connectivity index (χ2n) is 7.22. The van der Waals surface area contributed by atoms with Crippen LogP contribution in [-0.4, -0.2) is 65.7 Å². The highest BCUT2D eigenvalue weighted by Crippen LogP contribution is 2.05.